The summed E-state index contributed by atoms with van der Waals surface area (Å²) in [6, 6.07) is 0. The van der Waals surface area contributed by atoms with Gasteiger partial charge in [-0.05, 0) is 12.8 Å². The molecule has 0 spiro atoms. The second-order valence-corrected chi connectivity index (χ2v) is 4.72. The van der Waals surface area contributed by atoms with Crippen LogP contribution in [0.3, 0.4) is 0 Å². The highest BCUT2D eigenvalue weighted by Crippen LogP contribution is 2.10. The molecular weight excluding hydrogens is 218 g/mol. The lowest BCUT2D eigenvalue weighted by molar-refractivity contribution is -0.136. The SMILES string of the molecule is O=C(CCC(=O)N1CCNCC1)N1CCCC1. The molecule has 0 atom stereocenters. The van der Waals surface area contributed by atoms with Gasteiger partial charge in [0, 0.05) is 52.1 Å². The maximum absolute atomic E-state index is 11.8. The van der Waals surface area contributed by atoms with Crippen LogP contribution in [0.4, 0.5) is 0 Å². The van der Waals surface area contributed by atoms with Gasteiger partial charge in [-0.25, -0.2) is 0 Å². The predicted molar refractivity (Wildman–Crippen MR) is 64.5 cm³/mol. The third-order valence-electron chi connectivity index (χ3n) is 3.48. The first-order chi connectivity index (χ1) is 8.27. The molecule has 2 amide bonds. The van der Waals surface area contributed by atoms with Gasteiger partial charge in [0.05, 0.1) is 0 Å². The maximum atomic E-state index is 11.8. The highest BCUT2D eigenvalue weighted by molar-refractivity contribution is 5.84. The molecule has 2 rings (SSSR count). The van der Waals surface area contributed by atoms with Crippen molar-refractivity contribution in [2.45, 2.75) is 25.7 Å². The van der Waals surface area contributed by atoms with Crippen LogP contribution >= 0.6 is 0 Å². The van der Waals surface area contributed by atoms with Crippen LogP contribution in [0, 0.1) is 0 Å². The van der Waals surface area contributed by atoms with Crippen molar-refractivity contribution in [3.8, 4) is 0 Å². The molecule has 5 nitrogen and oxygen atoms in total. The summed E-state index contributed by atoms with van der Waals surface area (Å²) in [5.41, 5.74) is 0. The molecule has 0 bridgehead atoms. The summed E-state index contributed by atoms with van der Waals surface area (Å²) in [6.45, 7) is 5.03. The van der Waals surface area contributed by atoms with Crippen LogP contribution in [-0.4, -0.2) is 60.9 Å². The quantitative estimate of drug-likeness (QED) is 0.743. The van der Waals surface area contributed by atoms with E-state index in [1.54, 1.807) is 0 Å². The monoisotopic (exact) mass is 239 g/mol. The van der Waals surface area contributed by atoms with Gasteiger partial charge in [-0.2, -0.15) is 0 Å². The minimum Gasteiger partial charge on any atom is -0.343 e. The average Bonchev–Trinajstić information content (AvgIpc) is 2.90. The highest BCUT2D eigenvalue weighted by atomic mass is 16.2. The van der Waals surface area contributed by atoms with Gasteiger partial charge in [0.2, 0.25) is 11.8 Å². The molecule has 0 saturated carbocycles. The van der Waals surface area contributed by atoms with Gasteiger partial charge in [-0.3, -0.25) is 9.59 Å². The Morgan fingerprint density at radius 3 is 1.82 bits per heavy atom. The summed E-state index contributed by atoms with van der Waals surface area (Å²) >= 11 is 0. The summed E-state index contributed by atoms with van der Waals surface area (Å²) in [5, 5.41) is 3.21. The summed E-state index contributed by atoms with van der Waals surface area (Å²) < 4.78 is 0. The Labute approximate surface area is 102 Å². The summed E-state index contributed by atoms with van der Waals surface area (Å²) in [6.07, 6.45) is 2.97. The third-order valence-corrected chi connectivity index (χ3v) is 3.48. The van der Waals surface area contributed by atoms with E-state index in [4.69, 9.17) is 0 Å². The molecule has 0 aliphatic carbocycles. The minimum atomic E-state index is 0.124. The van der Waals surface area contributed by atoms with Gasteiger partial charge < -0.3 is 15.1 Å². The van der Waals surface area contributed by atoms with Crippen LogP contribution in [0.1, 0.15) is 25.7 Å². The largest absolute Gasteiger partial charge is 0.343 e. The standard InChI is InChI=1S/C12H21N3O2/c16-11(14-7-1-2-8-14)3-4-12(17)15-9-5-13-6-10-15/h13H,1-10H2. The van der Waals surface area contributed by atoms with E-state index in [-0.39, 0.29) is 11.8 Å². The molecule has 17 heavy (non-hydrogen) atoms. The van der Waals surface area contributed by atoms with Crippen LogP contribution in [0.25, 0.3) is 0 Å². The van der Waals surface area contributed by atoms with Crippen LogP contribution in [0.2, 0.25) is 0 Å². The fraction of sp³-hybridized carbons (Fsp3) is 0.833. The van der Waals surface area contributed by atoms with Crippen molar-refractivity contribution in [1.82, 2.24) is 15.1 Å². The number of carbonyl (C=O) groups is 2. The molecule has 1 N–H and O–H groups in total. The lowest BCUT2D eigenvalue weighted by Crippen LogP contribution is -2.46. The van der Waals surface area contributed by atoms with E-state index in [0.29, 0.717) is 12.8 Å². The van der Waals surface area contributed by atoms with Crippen molar-refractivity contribution in [3.63, 3.8) is 0 Å². The molecule has 96 valence electrons. The van der Waals surface area contributed by atoms with E-state index in [1.807, 2.05) is 9.80 Å². The van der Waals surface area contributed by atoms with E-state index in [2.05, 4.69) is 5.32 Å². The molecule has 2 fully saturated rings. The zero-order chi connectivity index (χ0) is 12.1. The zero-order valence-corrected chi connectivity index (χ0v) is 10.3. The molecule has 0 unspecified atom stereocenters. The van der Waals surface area contributed by atoms with Crippen molar-refractivity contribution in [3.05, 3.63) is 0 Å². The lowest BCUT2D eigenvalue weighted by atomic mass is 10.2. The van der Waals surface area contributed by atoms with Gasteiger partial charge in [-0.15, -0.1) is 0 Å². The molecule has 0 radical (unpaired) electrons. The van der Waals surface area contributed by atoms with Crippen molar-refractivity contribution >= 4 is 11.8 Å². The molecular formula is C12H21N3O2. The zero-order valence-electron chi connectivity index (χ0n) is 10.3. The molecule has 2 aliphatic heterocycles. The van der Waals surface area contributed by atoms with Crippen LogP contribution < -0.4 is 5.32 Å². The van der Waals surface area contributed by atoms with Crippen molar-refractivity contribution in [1.29, 1.82) is 0 Å². The molecule has 0 aromatic rings. The van der Waals surface area contributed by atoms with Crippen molar-refractivity contribution in [2.24, 2.45) is 0 Å². The predicted octanol–water partition coefficient (Wildman–Crippen LogP) is -0.179. The Kier molecular flexibility index (Phi) is 4.36. The third kappa shape index (κ3) is 3.43. The number of hydrogen-bond donors (Lipinski definition) is 1. The smallest absolute Gasteiger partial charge is 0.223 e. The van der Waals surface area contributed by atoms with Crippen LogP contribution in [0.5, 0.6) is 0 Å². The van der Waals surface area contributed by atoms with Gasteiger partial charge in [-0.1, -0.05) is 0 Å². The Morgan fingerprint density at radius 2 is 1.29 bits per heavy atom. The number of amides is 2. The van der Waals surface area contributed by atoms with Crippen molar-refractivity contribution in [2.75, 3.05) is 39.3 Å². The number of rotatable bonds is 3. The molecule has 2 aliphatic rings. The molecule has 5 heteroatoms. The topological polar surface area (TPSA) is 52.7 Å². The summed E-state index contributed by atoms with van der Waals surface area (Å²) in [4.78, 5) is 27.4. The van der Waals surface area contributed by atoms with Gasteiger partial charge >= 0.3 is 0 Å². The van der Waals surface area contributed by atoms with E-state index >= 15 is 0 Å². The normalized spacial score (nSPS) is 20.7. The number of piperazine rings is 1. The molecule has 2 saturated heterocycles. The summed E-state index contributed by atoms with van der Waals surface area (Å²) in [7, 11) is 0. The van der Waals surface area contributed by atoms with Gasteiger partial charge in [0.1, 0.15) is 0 Å². The average molecular weight is 239 g/mol. The minimum absolute atomic E-state index is 0.124. The molecule has 0 aromatic heterocycles. The highest BCUT2D eigenvalue weighted by Gasteiger charge is 2.21. The van der Waals surface area contributed by atoms with Gasteiger partial charge in [0.15, 0.2) is 0 Å². The Hall–Kier alpha value is -1.10. The Morgan fingerprint density at radius 1 is 0.824 bits per heavy atom. The lowest BCUT2D eigenvalue weighted by Gasteiger charge is -2.27. The molecule has 0 aromatic carbocycles. The Bertz CT molecular complexity index is 281. The van der Waals surface area contributed by atoms with Gasteiger partial charge in [0.25, 0.3) is 0 Å². The molecule has 2 heterocycles. The second kappa shape index (κ2) is 6.00. The van der Waals surface area contributed by atoms with E-state index < -0.39 is 0 Å². The van der Waals surface area contributed by atoms with E-state index in [1.165, 1.54) is 0 Å². The Balaban J connectivity index is 1.69. The number of nitrogens with zero attached hydrogens (tertiary/aromatic N) is 2. The second-order valence-electron chi connectivity index (χ2n) is 4.72. The number of hydrogen-bond acceptors (Lipinski definition) is 3. The van der Waals surface area contributed by atoms with E-state index in [9.17, 15) is 9.59 Å². The number of likely N-dealkylation sites (tertiary alicyclic amines) is 1. The fourth-order valence-corrected chi connectivity index (χ4v) is 2.41. The van der Waals surface area contributed by atoms with Crippen LogP contribution in [0.15, 0.2) is 0 Å². The van der Waals surface area contributed by atoms with E-state index in [0.717, 1.165) is 52.1 Å². The first kappa shape index (κ1) is 12.4. The number of nitrogens with one attached hydrogen (secondary N) is 1. The van der Waals surface area contributed by atoms with Crippen LogP contribution in [-0.2, 0) is 9.59 Å². The fourth-order valence-electron chi connectivity index (χ4n) is 2.41. The maximum Gasteiger partial charge on any atom is 0.223 e. The first-order valence-electron chi connectivity index (χ1n) is 6.53. The number of carbonyl (C=O) groups excluding carboxylic acids is 2. The first-order valence-corrected chi connectivity index (χ1v) is 6.53. The summed E-state index contributed by atoms with van der Waals surface area (Å²) in [5.74, 6) is 0.269. The van der Waals surface area contributed by atoms with Crippen molar-refractivity contribution < 1.29 is 9.59 Å².